The first-order valence-electron chi connectivity index (χ1n) is 8.58. The molecule has 0 bridgehead atoms. The summed E-state index contributed by atoms with van der Waals surface area (Å²) in [6, 6.07) is 0.737. The van der Waals surface area contributed by atoms with Crippen LogP contribution in [0.3, 0.4) is 0 Å². The van der Waals surface area contributed by atoms with Gasteiger partial charge < -0.3 is 18.9 Å². The molecule has 1 heterocycles. The Morgan fingerprint density at radius 3 is 1.42 bits per heavy atom. The SMILES string of the molecule is COC(=O)[C@H]1OC(C[Si](C(C)C)(C(C)C)C(C)C)O[C@@H]1C(=O)OC. The van der Waals surface area contributed by atoms with Gasteiger partial charge in [-0.15, -0.1) is 0 Å². The van der Waals surface area contributed by atoms with E-state index in [9.17, 15) is 9.59 Å². The summed E-state index contributed by atoms with van der Waals surface area (Å²) in [5.74, 6) is -1.22. The Labute approximate surface area is 146 Å². The third kappa shape index (κ3) is 4.00. The highest BCUT2D eigenvalue weighted by Gasteiger charge is 2.51. The second kappa shape index (κ2) is 8.45. The fraction of sp³-hybridized carbons (Fsp3) is 0.882. The zero-order valence-corrected chi connectivity index (χ0v) is 17.1. The lowest BCUT2D eigenvalue weighted by Crippen LogP contribution is -2.47. The highest BCUT2D eigenvalue weighted by atomic mass is 28.3. The van der Waals surface area contributed by atoms with Crippen LogP contribution >= 0.6 is 0 Å². The maximum atomic E-state index is 11.9. The molecule has 6 nitrogen and oxygen atoms in total. The Hall–Kier alpha value is -0.923. The van der Waals surface area contributed by atoms with Crippen LogP contribution in [0.4, 0.5) is 0 Å². The van der Waals surface area contributed by atoms with Crippen LogP contribution in [0.5, 0.6) is 0 Å². The van der Waals surface area contributed by atoms with E-state index in [-0.39, 0.29) is 0 Å². The molecule has 1 rings (SSSR count). The third-order valence-corrected chi connectivity index (χ3v) is 13.0. The van der Waals surface area contributed by atoms with Gasteiger partial charge in [-0.1, -0.05) is 58.2 Å². The molecule has 2 atom stereocenters. The van der Waals surface area contributed by atoms with Crippen molar-refractivity contribution in [3.8, 4) is 0 Å². The lowest BCUT2D eigenvalue weighted by atomic mass is 10.2. The summed E-state index contributed by atoms with van der Waals surface area (Å²) < 4.78 is 21.1. The smallest absolute Gasteiger partial charge is 0.338 e. The number of methoxy groups -OCH3 is 2. The van der Waals surface area contributed by atoms with Crippen LogP contribution in [-0.4, -0.2) is 52.7 Å². The van der Waals surface area contributed by atoms with E-state index in [0.717, 1.165) is 6.04 Å². The number of hydrogen-bond acceptors (Lipinski definition) is 6. The molecule has 0 aromatic rings. The van der Waals surface area contributed by atoms with Gasteiger partial charge in [0.15, 0.2) is 18.5 Å². The summed E-state index contributed by atoms with van der Waals surface area (Å²) >= 11 is 0. The van der Waals surface area contributed by atoms with Crippen LogP contribution in [0.2, 0.25) is 22.7 Å². The molecule has 0 aliphatic carbocycles. The van der Waals surface area contributed by atoms with Gasteiger partial charge in [0.25, 0.3) is 0 Å². The summed E-state index contributed by atoms with van der Waals surface area (Å²) in [5.41, 5.74) is 1.58. The molecule has 7 heteroatoms. The van der Waals surface area contributed by atoms with Crippen LogP contribution in [-0.2, 0) is 28.5 Å². The van der Waals surface area contributed by atoms with Gasteiger partial charge in [-0.2, -0.15) is 0 Å². The normalized spacial score (nSPS) is 22.5. The molecule has 1 aliphatic rings. The molecule has 0 aromatic heterocycles. The lowest BCUT2D eigenvalue weighted by molar-refractivity contribution is -0.160. The minimum atomic E-state index is -1.80. The molecule has 0 unspecified atom stereocenters. The number of carbonyl (C=O) groups is 2. The van der Waals surface area contributed by atoms with Crippen molar-refractivity contribution in [1.29, 1.82) is 0 Å². The molecule has 0 aromatic carbocycles. The standard InChI is InChI=1S/C17H32O6Si/c1-10(2)24(11(3)4,12(5)6)9-13-22-14(16(18)20-7)15(23-13)17(19)21-8/h10-15H,9H2,1-8H3/t14-,15-/m0/s1. The van der Waals surface area contributed by atoms with Gasteiger partial charge in [0.2, 0.25) is 0 Å². The van der Waals surface area contributed by atoms with E-state index in [4.69, 9.17) is 18.9 Å². The fourth-order valence-electron chi connectivity index (χ4n) is 4.18. The molecular weight excluding hydrogens is 328 g/mol. The fourth-order valence-corrected chi connectivity index (χ4v) is 10.4. The van der Waals surface area contributed by atoms with Crippen molar-refractivity contribution in [3.63, 3.8) is 0 Å². The van der Waals surface area contributed by atoms with Crippen LogP contribution in [0.1, 0.15) is 41.5 Å². The topological polar surface area (TPSA) is 71.1 Å². The Bertz CT molecular complexity index is 403. The zero-order valence-electron chi connectivity index (χ0n) is 16.1. The number of rotatable bonds is 7. The largest absolute Gasteiger partial charge is 0.467 e. The number of esters is 2. The van der Waals surface area contributed by atoms with E-state index in [0.29, 0.717) is 16.6 Å². The van der Waals surface area contributed by atoms with Crippen molar-refractivity contribution in [3.05, 3.63) is 0 Å². The second-order valence-corrected chi connectivity index (χ2v) is 13.5. The second-order valence-electron chi connectivity index (χ2n) is 7.37. The van der Waals surface area contributed by atoms with Crippen molar-refractivity contribution in [1.82, 2.24) is 0 Å². The van der Waals surface area contributed by atoms with E-state index in [1.165, 1.54) is 14.2 Å². The summed E-state index contributed by atoms with van der Waals surface area (Å²) in [7, 11) is 0.737. The van der Waals surface area contributed by atoms with Crippen LogP contribution < -0.4 is 0 Å². The van der Waals surface area contributed by atoms with Gasteiger partial charge in [0.05, 0.1) is 22.3 Å². The highest BCUT2D eigenvalue weighted by Crippen LogP contribution is 2.46. The molecule has 24 heavy (non-hydrogen) atoms. The number of ether oxygens (including phenoxy) is 4. The predicted molar refractivity (Wildman–Crippen MR) is 93.4 cm³/mol. The summed E-state index contributed by atoms with van der Waals surface area (Å²) in [6.45, 7) is 13.5. The number of carbonyl (C=O) groups excluding carboxylic acids is 2. The molecule has 0 amide bonds. The third-order valence-electron chi connectivity index (χ3n) is 5.48. The van der Waals surface area contributed by atoms with E-state index >= 15 is 0 Å². The van der Waals surface area contributed by atoms with Crippen LogP contribution in [0, 0.1) is 0 Å². The minimum Gasteiger partial charge on any atom is -0.467 e. The van der Waals surface area contributed by atoms with Crippen molar-refractivity contribution in [2.24, 2.45) is 0 Å². The Morgan fingerprint density at radius 1 is 0.833 bits per heavy atom. The van der Waals surface area contributed by atoms with Crippen molar-refractivity contribution < 1.29 is 28.5 Å². The monoisotopic (exact) mass is 360 g/mol. The van der Waals surface area contributed by atoms with Crippen LogP contribution in [0.25, 0.3) is 0 Å². The first kappa shape index (κ1) is 21.1. The van der Waals surface area contributed by atoms with Gasteiger partial charge in [-0.25, -0.2) is 9.59 Å². The van der Waals surface area contributed by atoms with Gasteiger partial charge in [-0.05, 0) is 6.04 Å². The molecule has 0 radical (unpaired) electrons. The first-order valence-corrected chi connectivity index (χ1v) is 11.0. The first-order chi connectivity index (χ1) is 11.1. The van der Waals surface area contributed by atoms with Crippen LogP contribution in [0.15, 0.2) is 0 Å². The van der Waals surface area contributed by atoms with E-state index in [1.54, 1.807) is 0 Å². The van der Waals surface area contributed by atoms with Gasteiger partial charge in [0, 0.05) is 0 Å². The average molecular weight is 361 g/mol. The summed E-state index contributed by atoms with van der Waals surface area (Å²) in [5, 5.41) is 0. The number of hydrogen-bond donors (Lipinski definition) is 0. The maximum absolute atomic E-state index is 11.9. The maximum Gasteiger partial charge on any atom is 0.338 e. The average Bonchev–Trinajstić information content (AvgIpc) is 2.93. The van der Waals surface area contributed by atoms with E-state index < -0.39 is 38.5 Å². The van der Waals surface area contributed by atoms with Crippen molar-refractivity contribution >= 4 is 20.0 Å². The summed E-state index contributed by atoms with van der Waals surface area (Å²) in [6.07, 6.45) is -2.71. The molecule has 1 aliphatic heterocycles. The minimum absolute atomic E-state index is 0.526. The van der Waals surface area contributed by atoms with Gasteiger partial charge >= 0.3 is 11.9 Å². The quantitative estimate of drug-likeness (QED) is 0.513. The van der Waals surface area contributed by atoms with Crippen molar-refractivity contribution in [2.75, 3.05) is 14.2 Å². The Balaban J connectivity index is 3.05. The molecular formula is C17H32O6Si. The molecule has 0 N–H and O–H groups in total. The highest BCUT2D eigenvalue weighted by molar-refractivity contribution is 6.83. The molecule has 1 saturated heterocycles. The molecule has 0 saturated carbocycles. The predicted octanol–water partition coefficient (Wildman–Crippen LogP) is 3.12. The van der Waals surface area contributed by atoms with Gasteiger partial charge in [-0.3, -0.25) is 0 Å². The molecule has 1 fully saturated rings. The molecule has 0 spiro atoms. The summed E-state index contributed by atoms with van der Waals surface area (Å²) in [4.78, 5) is 23.9. The lowest BCUT2D eigenvalue weighted by Gasteiger charge is -2.44. The molecule has 140 valence electrons. The van der Waals surface area contributed by atoms with E-state index in [2.05, 4.69) is 41.5 Å². The zero-order chi connectivity index (χ0) is 18.7. The Kier molecular flexibility index (Phi) is 7.43. The van der Waals surface area contributed by atoms with Gasteiger partial charge in [0.1, 0.15) is 0 Å². The van der Waals surface area contributed by atoms with Crippen molar-refractivity contribution in [2.45, 2.75) is 82.7 Å². The van der Waals surface area contributed by atoms with E-state index in [1.807, 2.05) is 0 Å². The Morgan fingerprint density at radius 2 is 1.17 bits per heavy atom.